The summed E-state index contributed by atoms with van der Waals surface area (Å²) in [6.07, 6.45) is 1.40. The summed E-state index contributed by atoms with van der Waals surface area (Å²) in [6, 6.07) is 15.3. The summed E-state index contributed by atoms with van der Waals surface area (Å²) in [4.78, 5) is 29.8. The maximum absolute atomic E-state index is 13.1. The second-order valence-corrected chi connectivity index (χ2v) is 8.07. The number of nitrogens with zero attached hydrogens (tertiary/aromatic N) is 4. The molecule has 9 heteroatoms. The maximum Gasteiger partial charge on any atom is 0.352 e. The fraction of sp³-hybridized carbons (Fsp3) is 0.238. The van der Waals surface area contributed by atoms with Gasteiger partial charge in [0.05, 0.1) is 12.6 Å². The third-order valence-electron chi connectivity index (χ3n) is 4.74. The normalized spacial score (nSPS) is 18.3. The van der Waals surface area contributed by atoms with Crippen LogP contribution in [-0.2, 0) is 17.9 Å². The molecule has 2 aromatic carbocycles. The Morgan fingerprint density at radius 2 is 1.87 bits per heavy atom. The van der Waals surface area contributed by atoms with Crippen molar-refractivity contribution in [1.82, 2.24) is 19.7 Å². The Morgan fingerprint density at radius 3 is 2.60 bits per heavy atom. The number of carbonyl (C=O) groups is 1. The van der Waals surface area contributed by atoms with E-state index in [1.165, 1.54) is 39.5 Å². The van der Waals surface area contributed by atoms with Gasteiger partial charge in [-0.2, -0.15) is 5.10 Å². The number of carbonyl (C=O) groups excluding carboxylic acids is 1. The fourth-order valence-corrected chi connectivity index (χ4v) is 4.24. The first-order valence-electron chi connectivity index (χ1n) is 9.46. The lowest BCUT2D eigenvalue weighted by Gasteiger charge is -2.13. The number of benzene rings is 2. The summed E-state index contributed by atoms with van der Waals surface area (Å²) in [6.45, 7) is 2.51. The average Bonchev–Trinajstić information content (AvgIpc) is 3.31. The van der Waals surface area contributed by atoms with Crippen LogP contribution in [0.1, 0.15) is 18.1 Å². The monoisotopic (exact) mass is 425 g/mol. The van der Waals surface area contributed by atoms with Gasteiger partial charge in [-0.25, -0.2) is 18.4 Å². The fourth-order valence-electron chi connectivity index (χ4n) is 3.10. The summed E-state index contributed by atoms with van der Waals surface area (Å²) < 4.78 is 15.7. The van der Waals surface area contributed by atoms with Crippen LogP contribution in [0.5, 0.6) is 0 Å². The van der Waals surface area contributed by atoms with Gasteiger partial charge in [0, 0.05) is 6.54 Å². The predicted molar refractivity (Wildman–Crippen MR) is 114 cm³/mol. The molecule has 4 rings (SSSR count). The first-order valence-corrected chi connectivity index (χ1v) is 10.3. The zero-order valence-corrected chi connectivity index (χ0v) is 17.1. The third-order valence-corrected chi connectivity index (χ3v) is 6.11. The molecule has 2 heterocycles. The van der Waals surface area contributed by atoms with Crippen molar-refractivity contribution in [3.63, 3.8) is 0 Å². The lowest BCUT2D eigenvalue weighted by Crippen LogP contribution is -2.36. The SMILES string of the molecule is CC1N=C(n2cnn(Cc3ccc(F)cc3)c2=O)SC1C(=O)NCc1ccccc1. The van der Waals surface area contributed by atoms with Gasteiger partial charge >= 0.3 is 5.69 Å². The molecular weight excluding hydrogens is 405 g/mol. The zero-order chi connectivity index (χ0) is 21.1. The van der Waals surface area contributed by atoms with Crippen molar-refractivity contribution in [2.75, 3.05) is 0 Å². The number of aliphatic imine (C=N–C) groups is 1. The van der Waals surface area contributed by atoms with Crippen molar-refractivity contribution in [1.29, 1.82) is 0 Å². The average molecular weight is 425 g/mol. The minimum atomic E-state index is -0.420. The molecule has 0 saturated heterocycles. The van der Waals surface area contributed by atoms with Gasteiger partial charge in [-0.05, 0) is 30.2 Å². The summed E-state index contributed by atoms with van der Waals surface area (Å²) in [5.41, 5.74) is 1.42. The molecule has 1 aliphatic rings. The molecular formula is C21H20FN5O2S. The van der Waals surface area contributed by atoms with E-state index in [0.717, 1.165) is 11.1 Å². The van der Waals surface area contributed by atoms with Gasteiger partial charge in [0.15, 0.2) is 5.17 Å². The number of aromatic nitrogens is 3. The van der Waals surface area contributed by atoms with Crippen LogP contribution < -0.4 is 11.0 Å². The summed E-state index contributed by atoms with van der Waals surface area (Å²) in [7, 11) is 0. The summed E-state index contributed by atoms with van der Waals surface area (Å²) >= 11 is 1.25. The van der Waals surface area contributed by atoms with Gasteiger partial charge in [0.25, 0.3) is 0 Å². The third kappa shape index (κ3) is 4.35. The minimum absolute atomic E-state index is 0.123. The van der Waals surface area contributed by atoms with E-state index in [9.17, 15) is 14.0 Å². The van der Waals surface area contributed by atoms with Crippen LogP contribution in [0.15, 0.2) is 70.7 Å². The molecule has 154 valence electrons. The van der Waals surface area contributed by atoms with E-state index in [4.69, 9.17) is 0 Å². The molecule has 0 radical (unpaired) electrons. The Balaban J connectivity index is 1.42. The molecule has 2 unspecified atom stereocenters. The number of halogens is 1. The molecule has 0 aliphatic carbocycles. The first kappa shape index (κ1) is 20.1. The number of hydrogen-bond acceptors (Lipinski definition) is 5. The van der Waals surface area contributed by atoms with E-state index in [-0.39, 0.29) is 30.0 Å². The van der Waals surface area contributed by atoms with Crippen LogP contribution in [0.4, 0.5) is 4.39 Å². The lowest BCUT2D eigenvalue weighted by atomic mass is 10.2. The molecule has 1 amide bonds. The van der Waals surface area contributed by atoms with E-state index in [1.807, 2.05) is 37.3 Å². The van der Waals surface area contributed by atoms with E-state index in [2.05, 4.69) is 15.4 Å². The standard InChI is InChI=1S/C21H20FN5O2S/c1-14-18(19(28)23-11-15-5-3-2-4-6-15)30-20(25-14)26-13-24-27(21(26)29)12-16-7-9-17(22)10-8-16/h2-10,13-14,18H,11-12H2,1H3,(H,23,28). The van der Waals surface area contributed by atoms with Crippen molar-refractivity contribution < 1.29 is 9.18 Å². The molecule has 0 bridgehead atoms. The van der Waals surface area contributed by atoms with Gasteiger partial charge in [-0.15, -0.1) is 0 Å². The lowest BCUT2D eigenvalue weighted by molar-refractivity contribution is -0.120. The largest absolute Gasteiger partial charge is 0.352 e. The van der Waals surface area contributed by atoms with Crippen LogP contribution in [0.2, 0.25) is 0 Å². The van der Waals surface area contributed by atoms with E-state index >= 15 is 0 Å². The Hall–Kier alpha value is -3.20. The van der Waals surface area contributed by atoms with Gasteiger partial charge < -0.3 is 5.32 Å². The van der Waals surface area contributed by atoms with Gasteiger partial charge in [-0.1, -0.05) is 54.2 Å². The van der Waals surface area contributed by atoms with Gasteiger partial charge in [0.1, 0.15) is 17.4 Å². The van der Waals surface area contributed by atoms with Crippen LogP contribution >= 0.6 is 11.8 Å². The summed E-state index contributed by atoms with van der Waals surface area (Å²) in [5.74, 6) is -0.458. The second-order valence-electron chi connectivity index (χ2n) is 6.96. The van der Waals surface area contributed by atoms with Crippen molar-refractivity contribution in [2.45, 2.75) is 31.3 Å². The van der Waals surface area contributed by atoms with Crippen LogP contribution in [-0.4, -0.2) is 36.7 Å². The molecule has 0 saturated carbocycles. The number of amides is 1. The highest BCUT2D eigenvalue weighted by atomic mass is 32.2. The predicted octanol–water partition coefficient (Wildman–Crippen LogP) is 2.26. The molecule has 1 aliphatic heterocycles. The van der Waals surface area contributed by atoms with Crippen molar-refractivity contribution >= 4 is 22.8 Å². The van der Waals surface area contributed by atoms with Crippen molar-refractivity contribution in [3.8, 4) is 0 Å². The molecule has 30 heavy (non-hydrogen) atoms. The number of rotatable bonds is 5. The summed E-state index contributed by atoms with van der Waals surface area (Å²) in [5, 5.41) is 7.08. The second kappa shape index (κ2) is 8.66. The Bertz CT molecular complexity index is 1120. The van der Waals surface area contributed by atoms with Gasteiger partial charge in [0.2, 0.25) is 5.91 Å². The number of thioether (sulfide) groups is 1. The molecule has 0 fully saturated rings. The highest BCUT2D eigenvalue weighted by molar-refractivity contribution is 8.15. The number of hydrogen-bond donors (Lipinski definition) is 1. The van der Waals surface area contributed by atoms with Gasteiger partial charge in [-0.3, -0.25) is 9.79 Å². The topological polar surface area (TPSA) is 81.3 Å². The molecule has 0 spiro atoms. The van der Waals surface area contributed by atoms with E-state index < -0.39 is 5.25 Å². The highest BCUT2D eigenvalue weighted by Gasteiger charge is 2.34. The first-order chi connectivity index (χ1) is 14.5. The Kier molecular flexibility index (Phi) is 5.80. The number of nitrogens with one attached hydrogen (secondary N) is 1. The minimum Gasteiger partial charge on any atom is -0.351 e. The quantitative estimate of drug-likeness (QED) is 0.680. The van der Waals surface area contributed by atoms with Crippen molar-refractivity contribution in [3.05, 3.63) is 88.4 Å². The Morgan fingerprint density at radius 1 is 1.13 bits per heavy atom. The van der Waals surface area contributed by atoms with Crippen LogP contribution in [0.25, 0.3) is 0 Å². The maximum atomic E-state index is 13.1. The molecule has 1 N–H and O–H groups in total. The molecule has 1 aromatic heterocycles. The van der Waals surface area contributed by atoms with Crippen LogP contribution in [0, 0.1) is 5.82 Å². The van der Waals surface area contributed by atoms with E-state index in [0.29, 0.717) is 11.7 Å². The van der Waals surface area contributed by atoms with Crippen LogP contribution in [0.3, 0.4) is 0 Å². The smallest absolute Gasteiger partial charge is 0.351 e. The molecule has 3 aromatic rings. The molecule has 2 atom stereocenters. The highest BCUT2D eigenvalue weighted by Crippen LogP contribution is 2.27. The Labute approximate surface area is 176 Å². The molecule has 7 nitrogen and oxygen atoms in total. The van der Waals surface area contributed by atoms with Crippen molar-refractivity contribution in [2.24, 2.45) is 4.99 Å². The zero-order valence-electron chi connectivity index (χ0n) is 16.2. The van der Waals surface area contributed by atoms with E-state index in [1.54, 1.807) is 12.1 Å².